The third-order valence-corrected chi connectivity index (χ3v) is 2.42. The topological polar surface area (TPSA) is 56.8 Å². The highest BCUT2D eigenvalue weighted by atomic mass is 16.5. The van der Waals surface area contributed by atoms with E-state index < -0.39 is 0 Å². The molecule has 0 unspecified atom stereocenters. The monoisotopic (exact) mass is 251 g/mol. The van der Waals surface area contributed by atoms with Gasteiger partial charge in [0.15, 0.2) is 11.5 Å². The standard InChI is InChI=1S/C13H17NO4/c1-5-11(15)14-8-9-6-7-10(16-2)13(18-4)12(9)17-3/h5-7H,1,8H2,2-4H3,(H,14,15). The van der Waals surface area contributed by atoms with Crippen LogP contribution in [0.5, 0.6) is 17.2 Å². The van der Waals surface area contributed by atoms with E-state index in [1.54, 1.807) is 13.2 Å². The van der Waals surface area contributed by atoms with E-state index in [4.69, 9.17) is 14.2 Å². The highest BCUT2D eigenvalue weighted by Gasteiger charge is 2.15. The molecule has 18 heavy (non-hydrogen) atoms. The average molecular weight is 251 g/mol. The molecule has 98 valence electrons. The molecular formula is C13H17NO4. The average Bonchev–Trinajstić information content (AvgIpc) is 2.43. The van der Waals surface area contributed by atoms with E-state index in [9.17, 15) is 4.79 Å². The van der Waals surface area contributed by atoms with Gasteiger partial charge in [-0.05, 0) is 18.2 Å². The van der Waals surface area contributed by atoms with Gasteiger partial charge in [0.1, 0.15) is 0 Å². The van der Waals surface area contributed by atoms with Gasteiger partial charge in [-0.3, -0.25) is 4.79 Å². The van der Waals surface area contributed by atoms with Crippen molar-refractivity contribution in [2.24, 2.45) is 0 Å². The van der Waals surface area contributed by atoms with Crippen molar-refractivity contribution in [1.29, 1.82) is 0 Å². The molecule has 1 aromatic rings. The maximum Gasteiger partial charge on any atom is 0.243 e. The summed E-state index contributed by atoms with van der Waals surface area (Å²) in [4.78, 5) is 11.1. The Morgan fingerprint density at radius 3 is 2.39 bits per heavy atom. The Hall–Kier alpha value is -2.17. The number of carbonyl (C=O) groups excluding carboxylic acids is 1. The second-order valence-corrected chi connectivity index (χ2v) is 3.42. The fourth-order valence-corrected chi connectivity index (χ4v) is 1.56. The Labute approximate surface area is 106 Å². The Balaban J connectivity index is 3.04. The van der Waals surface area contributed by atoms with Gasteiger partial charge < -0.3 is 19.5 Å². The first-order valence-electron chi connectivity index (χ1n) is 5.36. The maximum atomic E-state index is 11.1. The van der Waals surface area contributed by atoms with Crippen molar-refractivity contribution in [1.82, 2.24) is 5.32 Å². The minimum absolute atomic E-state index is 0.244. The van der Waals surface area contributed by atoms with Crippen LogP contribution in [-0.4, -0.2) is 27.2 Å². The zero-order valence-electron chi connectivity index (χ0n) is 10.8. The Bertz CT molecular complexity index is 443. The molecule has 1 aromatic carbocycles. The summed E-state index contributed by atoms with van der Waals surface area (Å²) in [6, 6.07) is 3.57. The van der Waals surface area contributed by atoms with Crippen molar-refractivity contribution in [3.05, 3.63) is 30.4 Å². The van der Waals surface area contributed by atoms with Crippen LogP contribution in [-0.2, 0) is 11.3 Å². The Morgan fingerprint density at radius 1 is 1.22 bits per heavy atom. The molecule has 0 bridgehead atoms. The predicted molar refractivity (Wildman–Crippen MR) is 68.1 cm³/mol. The van der Waals surface area contributed by atoms with Gasteiger partial charge in [-0.25, -0.2) is 0 Å². The summed E-state index contributed by atoms with van der Waals surface area (Å²) >= 11 is 0. The van der Waals surface area contributed by atoms with Crippen LogP contribution in [0.15, 0.2) is 24.8 Å². The quantitative estimate of drug-likeness (QED) is 0.779. The summed E-state index contributed by atoms with van der Waals surface area (Å²) in [5.41, 5.74) is 0.797. The van der Waals surface area contributed by atoms with Crippen LogP contribution in [0, 0.1) is 0 Å². The lowest BCUT2D eigenvalue weighted by Gasteiger charge is -2.15. The molecule has 5 heteroatoms. The van der Waals surface area contributed by atoms with Crippen molar-refractivity contribution < 1.29 is 19.0 Å². The van der Waals surface area contributed by atoms with Crippen LogP contribution >= 0.6 is 0 Å². The minimum atomic E-state index is -0.244. The van der Waals surface area contributed by atoms with E-state index in [0.717, 1.165) is 5.56 Å². The van der Waals surface area contributed by atoms with Crippen LogP contribution in [0.1, 0.15) is 5.56 Å². The first kappa shape index (κ1) is 13.9. The molecule has 0 heterocycles. The molecule has 0 aromatic heterocycles. The van der Waals surface area contributed by atoms with Crippen molar-refractivity contribution in [2.75, 3.05) is 21.3 Å². The molecule has 0 radical (unpaired) electrons. The van der Waals surface area contributed by atoms with Gasteiger partial charge in [0.05, 0.1) is 21.3 Å². The number of carbonyl (C=O) groups is 1. The second-order valence-electron chi connectivity index (χ2n) is 3.42. The number of rotatable bonds is 6. The molecule has 0 atom stereocenters. The number of methoxy groups -OCH3 is 3. The molecule has 0 aliphatic carbocycles. The second kappa shape index (κ2) is 6.54. The molecule has 5 nitrogen and oxygen atoms in total. The van der Waals surface area contributed by atoms with Crippen LogP contribution in [0.4, 0.5) is 0 Å². The number of benzene rings is 1. The molecule has 0 saturated carbocycles. The zero-order valence-corrected chi connectivity index (χ0v) is 10.8. The molecular weight excluding hydrogens is 234 g/mol. The predicted octanol–water partition coefficient (Wildman–Crippen LogP) is 1.51. The Morgan fingerprint density at radius 2 is 1.89 bits per heavy atom. The first-order chi connectivity index (χ1) is 8.67. The van der Waals surface area contributed by atoms with E-state index in [0.29, 0.717) is 23.8 Å². The molecule has 1 amide bonds. The van der Waals surface area contributed by atoms with Gasteiger partial charge in [0.25, 0.3) is 0 Å². The number of hydrogen-bond acceptors (Lipinski definition) is 4. The van der Waals surface area contributed by atoms with Gasteiger partial charge in [0, 0.05) is 12.1 Å². The molecule has 1 N–H and O–H groups in total. The zero-order chi connectivity index (χ0) is 13.5. The van der Waals surface area contributed by atoms with Crippen LogP contribution in [0.3, 0.4) is 0 Å². The maximum absolute atomic E-state index is 11.1. The van der Waals surface area contributed by atoms with Gasteiger partial charge in [0.2, 0.25) is 11.7 Å². The normalized spacial score (nSPS) is 9.50. The molecule has 0 saturated heterocycles. The summed E-state index contributed by atoms with van der Waals surface area (Å²) in [7, 11) is 4.62. The van der Waals surface area contributed by atoms with Crippen LogP contribution in [0.25, 0.3) is 0 Å². The number of nitrogens with one attached hydrogen (secondary N) is 1. The van der Waals surface area contributed by atoms with Crippen molar-refractivity contribution in [3.8, 4) is 17.2 Å². The third kappa shape index (κ3) is 2.94. The van der Waals surface area contributed by atoms with Crippen LogP contribution < -0.4 is 19.5 Å². The van der Waals surface area contributed by atoms with Crippen LogP contribution in [0.2, 0.25) is 0 Å². The Kier molecular flexibility index (Phi) is 5.05. The largest absolute Gasteiger partial charge is 0.493 e. The highest BCUT2D eigenvalue weighted by molar-refractivity contribution is 5.86. The van der Waals surface area contributed by atoms with Gasteiger partial charge in [-0.15, -0.1) is 0 Å². The summed E-state index contributed by atoms with van der Waals surface area (Å²) in [6.45, 7) is 3.72. The van der Waals surface area contributed by atoms with Crippen molar-refractivity contribution >= 4 is 5.91 Å². The van der Waals surface area contributed by atoms with Crippen molar-refractivity contribution in [2.45, 2.75) is 6.54 Å². The van der Waals surface area contributed by atoms with E-state index in [-0.39, 0.29) is 5.91 Å². The van der Waals surface area contributed by atoms with E-state index in [2.05, 4.69) is 11.9 Å². The van der Waals surface area contributed by atoms with Crippen molar-refractivity contribution in [3.63, 3.8) is 0 Å². The molecule has 1 rings (SSSR count). The van der Waals surface area contributed by atoms with E-state index in [1.807, 2.05) is 6.07 Å². The lowest BCUT2D eigenvalue weighted by molar-refractivity contribution is -0.116. The number of ether oxygens (including phenoxy) is 3. The fraction of sp³-hybridized carbons (Fsp3) is 0.308. The first-order valence-corrected chi connectivity index (χ1v) is 5.36. The van der Waals surface area contributed by atoms with E-state index >= 15 is 0 Å². The summed E-state index contributed by atoms with van der Waals surface area (Å²) in [5.74, 6) is 1.38. The van der Waals surface area contributed by atoms with E-state index in [1.165, 1.54) is 20.3 Å². The fourth-order valence-electron chi connectivity index (χ4n) is 1.56. The lowest BCUT2D eigenvalue weighted by Crippen LogP contribution is -2.20. The molecule has 0 spiro atoms. The number of hydrogen-bond donors (Lipinski definition) is 1. The summed E-state index contributed by atoms with van der Waals surface area (Å²) < 4.78 is 15.7. The smallest absolute Gasteiger partial charge is 0.243 e. The van der Waals surface area contributed by atoms with Gasteiger partial charge in [-0.1, -0.05) is 6.58 Å². The minimum Gasteiger partial charge on any atom is -0.493 e. The lowest BCUT2D eigenvalue weighted by atomic mass is 10.1. The molecule has 0 fully saturated rings. The summed E-state index contributed by atoms with van der Waals surface area (Å²) in [5, 5.41) is 2.68. The van der Waals surface area contributed by atoms with Gasteiger partial charge in [-0.2, -0.15) is 0 Å². The molecule has 0 aliphatic heterocycles. The summed E-state index contributed by atoms with van der Waals surface area (Å²) in [6.07, 6.45) is 1.22. The third-order valence-electron chi connectivity index (χ3n) is 2.42. The molecule has 0 aliphatic rings. The SMILES string of the molecule is C=CC(=O)NCc1ccc(OC)c(OC)c1OC. The number of amides is 1. The highest BCUT2D eigenvalue weighted by Crippen LogP contribution is 2.39. The van der Waals surface area contributed by atoms with Gasteiger partial charge >= 0.3 is 0 Å².